The van der Waals surface area contributed by atoms with Crippen LogP contribution in [0.5, 0.6) is 0 Å². The topological polar surface area (TPSA) is 32.7 Å². The zero-order valence-electron chi connectivity index (χ0n) is 11.9. The Morgan fingerprint density at radius 3 is 3.00 bits per heavy atom. The molecule has 1 aromatic carbocycles. The van der Waals surface area contributed by atoms with Crippen molar-refractivity contribution in [2.24, 2.45) is 10.9 Å². The summed E-state index contributed by atoms with van der Waals surface area (Å²) in [6, 6.07) is 7.53. The number of nitrogens with zero attached hydrogens (tertiary/aromatic N) is 2. The predicted molar refractivity (Wildman–Crippen MR) is 89.4 cm³/mol. The van der Waals surface area contributed by atoms with E-state index in [1.807, 2.05) is 30.3 Å². The number of thioether (sulfide) groups is 1. The van der Waals surface area contributed by atoms with Crippen LogP contribution in [-0.2, 0) is 4.79 Å². The number of rotatable bonds is 1. The van der Waals surface area contributed by atoms with Gasteiger partial charge in [-0.3, -0.25) is 4.79 Å². The Morgan fingerprint density at radius 2 is 2.24 bits per heavy atom. The minimum absolute atomic E-state index is 0.159. The zero-order chi connectivity index (χ0) is 14.8. The third-order valence-corrected chi connectivity index (χ3v) is 5.12. The van der Waals surface area contributed by atoms with Crippen molar-refractivity contribution in [2.45, 2.75) is 19.8 Å². The average molecular weight is 321 g/mol. The van der Waals surface area contributed by atoms with Gasteiger partial charge in [-0.1, -0.05) is 36.7 Å². The van der Waals surface area contributed by atoms with Crippen LogP contribution >= 0.6 is 23.4 Å². The molecule has 2 aliphatic rings. The molecule has 0 N–H and O–H groups in total. The second-order valence-corrected chi connectivity index (χ2v) is 6.94. The van der Waals surface area contributed by atoms with Crippen molar-refractivity contribution in [3.63, 3.8) is 0 Å². The van der Waals surface area contributed by atoms with Gasteiger partial charge < -0.3 is 4.90 Å². The van der Waals surface area contributed by atoms with Crippen molar-refractivity contribution in [2.75, 3.05) is 13.1 Å². The molecule has 0 spiro atoms. The second kappa shape index (κ2) is 6.24. The van der Waals surface area contributed by atoms with Gasteiger partial charge in [0.1, 0.15) is 0 Å². The summed E-state index contributed by atoms with van der Waals surface area (Å²) in [4.78, 5) is 19.2. The van der Waals surface area contributed by atoms with E-state index < -0.39 is 0 Å². The highest BCUT2D eigenvalue weighted by Crippen LogP contribution is 2.33. The summed E-state index contributed by atoms with van der Waals surface area (Å²) < 4.78 is 0. The summed E-state index contributed by atoms with van der Waals surface area (Å²) in [6.07, 6.45) is 4.25. The molecule has 1 amide bonds. The molecule has 0 unspecified atom stereocenters. The number of carbonyl (C=O) groups excluding carboxylic acids is 1. The molecule has 21 heavy (non-hydrogen) atoms. The Balaban J connectivity index is 1.77. The van der Waals surface area contributed by atoms with Crippen LogP contribution in [0.4, 0.5) is 0 Å². The molecule has 1 atom stereocenters. The number of likely N-dealkylation sites (tertiary alicyclic amines) is 1. The van der Waals surface area contributed by atoms with Gasteiger partial charge in [-0.2, -0.15) is 4.99 Å². The normalized spacial score (nSPS) is 24.6. The fourth-order valence-corrected chi connectivity index (χ4v) is 3.76. The smallest absolute Gasteiger partial charge is 0.286 e. The van der Waals surface area contributed by atoms with Crippen molar-refractivity contribution in [1.82, 2.24) is 4.90 Å². The van der Waals surface area contributed by atoms with Crippen LogP contribution in [0.1, 0.15) is 25.3 Å². The first-order valence-electron chi connectivity index (χ1n) is 7.15. The minimum atomic E-state index is -0.159. The van der Waals surface area contributed by atoms with E-state index in [9.17, 15) is 4.79 Å². The highest BCUT2D eigenvalue weighted by molar-refractivity contribution is 8.18. The molecule has 0 aliphatic carbocycles. The molecule has 1 saturated heterocycles. The van der Waals surface area contributed by atoms with Crippen LogP contribution in [0.3, 0.4) is 0 Å². The van der Waals surface area contributed by atoms with Crippen LogP contribution in [0.25, 0.3) is 6.08 Å². The van der Waals surface area contributed by atoms with Gasteiger partial charge in [0.25, 0.3) is 5.91 Å². The molecule has 0 radical (unpaired) electrons. The lowest BCUT2D eigenvalue weighted by molar-refractivity contribution is -0.113. The molecule has 0 saturated carbocycles. The third-order valence-electron chi connectivity index (χ3n) is 3.73. The Morgan fingerprint density at radius 1 is 1.43 bits per heavy atom. The van der Waals surface area contributed by atoms with Crippen LogP contribution in [0.15, 0.2) is 34.2 Å². The van der Waals surface area contributed by atoms with Crippen molar-refractivity contribution < 1.29 is 4.79 Å². The Labute approximate surface area is 134 Å². The fraction of sp³-hybridized carbons (Fsp3) is 0.375. The van der Waals surface area contributed by atoms with E-state index in [1.54, 1.807) is 0 Å². The highest BCUT2D eigenvalue weighted by Gasteiger charge is 2.28. The summed E-state index contributed by atoms with van der Waals surface area (Å²) >= 11 is 7.60. The van der Waals surface area contributed by atoms with E-state index >= 15 is 0 Å². The van der Waals surface area contributed by atoms with Crippen molar-refractivity contribution >= 4 is 40.5 Å². The lowest BCUT2D eigenvalue weighted by Gasteiger charge is -2.31. The molecule has 110 valence electrons. The number of amidine groups is 1. The molecule has 5 heteroatoms. The molecular weight excluding hydrogens is 304 g/mol. The molecular formula is C16H17ClN2OS. The number of benzene rings is 1. The molecule has 3 rings (SSSR count). The van der Waals surface area contributed by atoms with Gasteiger partial charge in [0.2, 0.25) is 0 Å². The Bertz CT molecular complexity index is 626. The van der Waals surface area contributed by atoms with Gasteiger partial charge in [-0.05, 0) is 48.2 Å². The average Bonchev–Trinajstić information content (AvgIpc) is 2.83. The summed E-state index contributed by atoms with van der Waals surface area (Å²) in [5.74, 6) is 0.502. The maximum atomic E-state index is 12.1. The quantitative estimate of drug-likeness (QED) is 0.732. The van der Waals surface area contributed by atoms with Crippen molar-refractivity contribution in [3.8, 4) is 0 Å². The maximum absolute atomic E-state index is 12.1. The largest absolute Gasteiger partial charge is 0.351 e. The van der Waals surface area contributed by atoms with Gasteiger partial charge in [0.15, 0.2) is 5.17 Å². The lowest BCUT2D eigenvalue weighted by Crippen LogP contribution is -2.37. The first-order valence-corrected chi connectivity index (χ1v) is 8.35. The zero-order valence-corrected chi connectivity index (χ0v) is 13.5. The van der Waals surface area contributed by atoms with Crippen molar-refractivity contribution in [3.05, 3.63) is 39.8 Å². The lowest BCUT2D eigenvalue weighted by atomic mass is 10.0. The van der Waals surface area contributed by atoms with E-state index in [0.717, 1.165) is 23.8 Å². The number of hydrogen-bond donors (Lipinski definition) is 0. The molecule has 1 fully saturated rings. The van der Waals surface area contributed by atoms with Gasteiger partial charge >= 0.3 is 0 Å². The van der Waals surface area contributed by atoms with Crippen molar-refractivity contribution in [1.29, 1.82) is 0 Å². The number of hydrogen-bond acceptors (Lipinski definition) is 3. The molecule has 2 heterocycles. The summed E-state index contributed by atoms with van der Waals surface area (Å²) in [5.41, 5.74) is 0.860. The van der Waals surface area contributed by atoms with E-state index in [4.69, 9.17) is 11.6 Å². The van der Waals surface area contributed by atoms with E-state index in [2.05, 4.69) is 16.8 Å². The Hall–Kier alpha value is -1.26. The number of aliphatic imine (C=N–C) groups is 1. The van der Waals surface area contributed by atoms with Crippen LogP contribution in [0.2, 0.25) is 5.02 Å². The summed E-state index contributed by atoms with van der Waals surface area (Å²) in [5, 5.41) is 1.49. The molecule has 3 nitrogen and oxygen atoms in total. The Kier molecular flexibility index (Phi) is 4.36. The highest BCUT2D eigenvalue weighted by atomic mass is 35.5. The van der Waals surface area contributed by atoms with E-state index in [1.165, 1.54) is 24.6 Å². The molecule has 1 aromatic rings. The fourth-order valence-electron chi connectivity index (χ4n) is 2.63. The van der Waals surface area contributed by atoms with E-state index in [0.29, 0.717) is 15.8 Å². The number of amides is 1. The molecule has 0 aromatic heterocycles. The predicted octanol–water partition coefficient (Wildman–Crippen LogP) is 4.04. The second-order valence-electron chi connectivity index (χ2n) is 5.53. The first kappa shape index (κ1) is 14.7. The van der Waals surface area contributed by atoms with Gasteiger partial charge in [0, 0.05) is 18.1 Å². The molecule has 0 bridgehead atoms. The van der Waals surface area contributed by atoms with Crippen LogP contribution < -0.4 is 0 Å². The van der Waals surface area contributed by atoms with E-state index in [-0.39, 0.29) is 5.91 Å². The first-order chi connectivity index (χ1) is 10.1. The summed E-state index contributed by atoms with van der Waals surface area (Å²) in [6.45, 7) is 4.22. The van der Waals surface area contributed by atoms with Crippen LogP contribution in [0, 0.1) is 5.92 Å². The monoisotopic (exact) mass is 320 g/mol. The standard InChI is InChI=1S/C16H17ClN2OS/c1-11-5-4-8-19(10-11)16-18-15(20)14(21-16)9-12-6-2-3-7-13(12)17/h2-3,6-7,9,11H,4-5,8,10H2,1H3/b14-9+/t11-/m1/s1. The third kappa shape index (κ3) is 3.33. The SMILES string of the molecule is C[C@@H]1CCCN(C2=NC(=O)/C(=C\c3ccccc3Cl)S2)C1. The van der Waals surface area contributed by atoms with Gasteiger partial charge in [-0.15, -0.1) is 0 Å². The number of piperidine rings is 1. The van der Waals surface area contributed by atoms with Crippen LogP contribution in [-0.4, -0.2) is 29.1 Å². The van der Waals surface area contributed by atoms with Gasteiger partial charge in [-0.25, -0.2) is 0 Å². The van der Waals surface area contributed by atoms with Gasteiger partial charge in [0.05, 0.1) is 4.91 Å². The summed E-state index contributed by atoms with van der Waals surface area (Å²) in [7, 11) is 0. The number of halogens is 1. The molecule has 2 aliphatic heterocycles. The minimum Gasteiger partial charge on any atom is -0.351 e. The maximum Gasteiger partial charge on any atom is 0.286 e. The number of carbonyl (C=O) groups is 1.